The van der Waals surface area contributed by atoms with Crippen molar-refractivity contribution in [3.8, 4) is 0 Å². The van der Waals surface area contributed by atoms with E-state index in [-0.39, 0.29) is 23.4 Å². The first-order chi connectivity index (χ1) is 18.4. The van der Waals surface area contributed by atoms with Gasteiger partial charge in [0.1, 0.15) is 12.6 Å². The van der Waals surface area contributed by atoms with Gasteiger partial charge in [-0.25, -0.2) is 8.42 Å². The van der Waals surface area contributed by atoms with Gasteiger partial charge in [-0.15, -0.1) is 0 Å². The molecule has 9 heteroatoms. The van der Waals surface area contributed by atoms with Gasteiger partial charge in [0.25, 0.3) is 10.0 Å². The van der Waals surface area contributed by atoms with Gasteiger partial charge < -0.3 is 10.2 Å². The van der Waals surface area contributed by atoms with Gasteiger partial charge in [0.2, 0.25) is 11.8 Å². The maximum Gasteiger partial charge on any atom is 0.264 e. The second-order valence-corrected chi connectivity index (χ2v) is 12.1. The lowest BCUT2D eigenvalue weighted by molar-refractivity contribution is -0.139. The molecule has 2 atom stereocenters. The zero-order valence-corrected chi connectivity index (χ0v) is 24.6. The lowest BCUT2D eigenvalue weighted by Gasteiger charge is -2.32. The Kier molecular flexibility index (Phi) is 10.2. The molecule has 1 N–H and O–H groups in total. The summed E-state index contributed by atoms with van der Waals surface area (Å²) in [6, 6.07) is 19.5. The number of carbonyl (C=O) groups excluding carboxylic acids is 2. The average Bonchev–Trinajstić information content (AvgIpc) is 2.91. The maximum absolute atomic E-state index is 13.9. The molecule has 39 heavy (non-hydrogen) atoms. The van der Waals surface area contributed by atoms with E-state index in [0.29, 0.717) is 10.7 Å². The molecule has 0 aromatic heterocycles. The topological polar surface area (TPSA) is 86.8 Å². The largest absolute Gasteiger partial charge is 0.352 e. The number of anilines is 1. The minimum atomic E-state index is -4.12. The Hall–Kier alpha value is -3.36. The van der Waals surface area contributed by atoms with Crippen molar-refractivity contribution in [1.82, 2.24) is 10.2 Å². The second-order valence-electron chi connectivity index (χ2n) is 9.80. The third kappa shape index (κ3) is 7.83. The SMILES string of the molecule is CC[C@@H](C)NC(=O)[C@H](C)N(Cc1ccc(C)cc1)C(=O)CN(c1ccc(Cl)cc1)S(=O)(=O)c1ccc(C)cc1. The predicted molar refractivity (Wildman–Crippen MR) is 156 cm³/mol. The maximum atomic E-state index is 13.9. The molecule has 2 amide bonds. The molecule has 0 fully saturated rings. The highest BCUT2D eigenvalue weighted by molar-refractivity contribution is 7.92. The van der Waals surface area contributed by atoms with E-state index in [1.165, 1.54) is 17.0 Å². The van der Waals surface area contributed by atoms with Gasteiger partial charge in [-0.1, -0.05) is 66.0 Å². The van der Waals surface area contributed by atoms with Gasteiger partial charge in [0, 0.05) is 17.6 Å². The summed E-state index contributed by atoms with van der Waals surface area (Å²) in [5.41, 5.74) is 3.10. The number of sulfonamides is 1. The van der Waals surface area contributed by atoms with Crippen LogP contribution in [0.3, 0.4) is 0 Å². The zero-order valence-electron chi connectivity index (χ0n) is 23.0. The Morgan fingerprint density at radius 1 is 0.872 bits per heavy atom. The van der Waals surface area contributed by atoms with Crippen LogP contribution >= 0.6 is 11.6 Å². The van der Waals surface area contributed by atoms with Gasteiger partial charge in [-0.3, -0.25) is 13.9 Å². The van der Waals surface area contributed by atoms with Crippen LogP contribution in [0.4, 0.5) is 5.69 Å². The van der Waals surface area contributed by atoms with E-state index >= 15 is 0 Å². The Labute approximate surface area is 236 Å². The summed E-state index contributed by atoms with van der Waals surface area (Å²) in [7, 11) is -4.12. The molecule has 0 saturated carbocycles. The van der Waals surface area contributed by atoms with Crippen LogP contribution in [-0.4, -0.2) is 43.8 Å². The van der Waals surface area contributed by atoms with Crippen molar-refractivity contribution in [2.75, 3.05) is 10.8 Å². The smallest absolute Gasteiger partial charge is 0.264 e. The standard InChI is InChI=1S/C30H36ClN3O4S/c1-6-23(4)32-30(36)24(5)33(19-25-11-7-21(2)8-12-25)29(35)20-34(27-15-13-26(31)14-16-27)39(37,38)28-17-9-22(3)10-18-28/h7-18,23-24H,6,19-20H2,1-5H3,(H,32,36)/t23-,24+/m1/s1. The molecule has 208 valence electrons. The number of amides is 2. The van der Waals surface area contributed by atoms with Crippen molar-refractivity contribution in [1.29, 1.82) is 0 Å². The van der Waals surface area contributed by atoms with E-state index in [1.807, 2.05) is 52.0 Å². The van der Waals surface area contributed by atoms with Crippen molar-refractivity contribution in [2.45, 2.75) is 64.6 Å². The van der Waals surface area contributed by atoms with Crippen LogP contribution in [0.1, 0.15) is 43.9 Å². The van der Waals surface area contributed by atoms with Crippen LogP contribution in [0.25, 0.3) is 0 Å². The molecule has 0 aliphatic rings. The summed E-state index contributed by atoms with van der Waals surface area (Å²) < 4.78 is 28.7. The number of nitrogens with one attached hydrogen (secondary N) is 1. The van der Waals surface area contributed by atoms with E-state index in [2.05, 4.69) is 5.32 Å². The van der Waals surface area contributed by atoms with Crippen molar-refractivity contribution in [3.05, 3.63) is 94.5 Å². The molecule has 0 bridgehead atoms. The summed E-state index contributed by atoms with van der Waals surface area (Å²) in [6.45, 7) is 9.00. The highest BCUT2D eigenvalue weighted by Crippen LogP contribution is 2.26. The van der Waals surface area contributed by atoms with Crippen LogP contribution in [0.5, 0.6) is 0 Å². The number of nitrogens with zero attached hydrogens (tertiary/aromatic N) is 2. The Morgan fingerprint density at radius 3 is 1.95 bits per heavy atom. The van der Waals surface area contributed by atoms with Crippen LogP contribution in [0.15, 0.2) is 77.7 Å². The zero-order chi connectivity index (χ0) is 28.7. The molecule has 0 spiro atoms. The number of rotatable bonds is 11. The molecule has 7 nitrogen and oxygen atoms in total. The van der Waals surface area contributed by atoms with Crippen LogP contribution < -0.4 is 9.62 Å². The third-order valence-corrected chi connectivity index (χ3v) is 8.68. The fourth-order valence-electron chi connectivity index (χ4n) is 3.91. The highest BCUT2D eigenvalue weighted by atomic mass is 35.5. The Bertz CT molecular complexity index is 1380. The molecule has 0 unspecified atom stereocenters. The molecule has 3 rings (SSSR count). The van der Waals surface area contributed by atoms with Crippen molar-refractivity contribution >= 4 is 39.1 Å². The lowest BCUT2D eigenvalue weighted by atomic mass is 10.1. The fourth-order valence-corrected chi connectivity index (χ4v) is 5.45. The number of aryl methyl sites for hydroxylation is 2. The summed E-state index contributed by atoms with van der Waals surface area (Å²) >= 11 is 6.06. The van der Waals surface area contributed by atoms with Gasteiger partial charge in [-0.05, 0) is 76.1 Å². The predicted octanol–water partition coefficient (Wildman–Crippen LogP) is 5.48. The first-order valence-electron chi connectivity index (χ1n) is 12.9. The minimum absolute atomic E-state index is 0.0588. The highest BCUT2D eigenvalue weighted by Gasteiger charge is 2.32. The lowest BCUT2D eigenvalue weighted by Crippen LogP contribution is -2.52. The third-order valence-electron chi connectivity index (χ3n) is 6.64. The molecule has 0 aliphatic carbocycles. The minimum Gasteiger partial charge on any atom is -0.352 e. The number of hydrogen-bond donors (Lipinski definition) is 1. The molecule has 0 heterocycles. The fraction of sp³-hybridized carbons (Fsp3) is 0.333. The quantitative estimate of drug-likeness (QED) is 0.331. The van der Waals surface area contributed by atoms with Gasteiger partial charge in [0.05, 0.1) is 10.6 Å². The normalized spacial score (nSPS) is 12.9. The molecular formula is C30H36ClN3O4S. The molecule has 0 radical (unpaired) electrons. The summed E-state index contributed by atoms with van der Waals surface area (Å²) in [4.78, 5) is 28.5. The van der Waals surface area contributed by atoms with Crippen LogP contribution in [0.2, 0.25) is 5.02 Å². The summed E-state index contributed by atoms with van der Waals surface area (Å²) in [5.74, 6) is -0.808. The monoisotopic (exact) mass is 569 g/mol. The second kappa shape index (κ2) is 13.1. The van der Waals surface area contributed by atoms with E-state index in [1.54, 1.807) is 43.3 Å². The Balaban J connectivity index is 2.01. The van der Waals surface area contributed by atoms with Gasteiger partial charge in [-0.2, -0.15) is 0 Å². The van der Waals surface area contributed by atoms with Crippen molar-refractivity contribution in [3.63, 3.8) is 0 Å². The number of benzene rings is 3. The van der Waals surface area contributed by atoms with E-state index in [9.17, 15) is 18.0 Å². The number of hydrogen-bond acceptors (Lipinski definition) is 4. The number of halogens is 1. The van der Waals surface area contributed by atoms with Crippen LogP contribution in [0, 0.1) is 13.8 Å². The molecule has 0 saturated heterocycles. The molecule has 3 aromatic rings. The number of carbonyl (C=O) groups is 2. The van der Waals surface area contributed by atoms with Gasteiger partial charge >= 0.3 is 0 Å². The molecular weight excluding hydrogens is 534 g/mol. The summed E-state index contributed by atoms with van der Waals surface area (Å²) in [6.07, 6.45) is 0.740. The molecule has 3 aromatic carbocycles. The average molecular weight is 570 g/mol. The van der Waals surface area contributed by atoms with Gasteiger partial charge in [0.15, 0.2) is 0 Å². The van der Waals surface area contributed by atoms with E-state index < -0.39 is 28.5 Å². The van der Waals surface area contributed by atoms with Crippen molar-refractivity contribution in [2.24, 2.45) is 0 Å². The van der Waals surface area contributed by atoms with E-state index in [0.717, 1.165) is 27.4 Å². The van der Waals surface area contributed by atoms with Crippen LogP contribution in [-0.2, 0) is 26.2 Å². The Morgan fingerprint density at radius 2 is 1.41 bits per heavy atom. The van der Waals surface area contributed by atoms with Crippen molar-refractivity contribution < 1.29 is 18.0 Å². The molecule has 0 aliphatic heterocycles. The first kappa shape index (κ1) is 30.2. The first-order valence-corrected chi connectivity index (χ1v) is 14.7. The summed E-state index contributed by atoms with van der Waals surface area (Å²) in [5, 5.41) is 3.37. The van der Waals surface area contributed by atoms with E-state index in [4.69, 9.17) is 11.6 Å².